The van der Waals surface area contributed by atoms with Crippen molar-refractivity contribution >= 4 is 5.91 Å². The molecule has 0 aliphatic carbocycles. The topological polar surface area (TPSA) is 58.4 Å². The number of nitrogens with zero attached hydrogens (tertiary/aromatic N) is 1. The van der Waals surface area contributed by atoms with Crippen LogP contribution in [0, 0.1) is 12.3 Å². The first-order valence-corrected chi connectivity index (χ1v) is 4.92. The van der Waals surface area contributed by atoms with Crippen LogP contribution in [0.4, 0.5) is 0 Å². The molecule has 14 heavy (non-hydrogen) atoms. The second-order valence-corrected chi connectivity index (χ2v) is 3.48. The Kier molecular flexibility index (Phi) is 4.44. The Labute approximate surface area is 84.8 Å². The summed E-state index contributed by atoms with van der Waals surface area (Å²) in [5.74, 6) is 2.36. The molecule has 1 unspecified atom stereocenters. The molecular formula is C10H17N3O. The smallest absolute Gasteiger partial charge is 0.234 e. The maximum Gasteiger partial charge on any atom is 0.234 e. The molecule has 0 bridgehead atoms. The average molecular weight is 195 g/mol. The van der Waals surface area contributed by atoms with Crippen molar-refractivity contribution in [1.29, 1.82) is 0 Å². The standard InChI is InChI=1S/C10H17N3O/c1-2-5-12-10(14)8-13-6-3-4-9(13)7-11/h1,9H,3-8,11H2,(H,12,14). The lowest BCUT2D eigenvalue weighted by atomic mass is 10.2. The first kappa shape index (κ1) is 11.0. The molecule has 1 amide bonds. The van der Waals surface area contributed by atoms with Gasteiger partial charge < -0.3 is 11.1 Å². The Morgan fingerprint density at radius 2 is 2.50 bits per heavy atom. The number of carbonyl (C=O) groups is 1. The van der Waals surface area contributed by atoms with Crippen molar-refractivity contribution in [3.63, 3.8) is 0 Å². The summed E-state index contributed by atoms with van der Waals surface area (Å²) in [5, 5.41) is 2.65. The van der Waals surface area contributed by atoms with E-state index in [-0.39, 0.29) is 5.91 Å². The molecule has 78 valence electrons. The van der Waals surface area contributed by atoms with E-state index >= 15 is 0 Å². The molecule has 1 aliphatic rings. The maximum atomic E-state index is 11.3. The van der Waals surface area contributed by atoms with Crippen LogP contribution in [0.15, 0.2) is 0 Å². The highest BCUT2D eigenvalue weighted by Gasteiger charge is 2.24. The van der Waals surface area contributed by atoms with Crippen LogP contribution in [0.2, 0.25) is 0 Å². The van der Waals surface area contributed by atoms with E-state index in [4.69, 9.17) is 12.2 Å². The summed E-state index contributed by atoms with van der Waals surface area (Å²) in [5.41, 5.74) is 5.59. The average Bonchev–Trinajstić information content (AvgIpc) is 2.62. The number of nitrogens with two attached hydrogens (primary N) is 1. The molecule has 1 saturated heterocycles. The third kappa shape index (κ3) is 3.02. The predicted octanol–water partition coefficient (Wildman–Crippen LogP) is -0.841. The number of hydrogen-bond acceptors (Lipinski definition) is 3. The van der Waals surface area contributed by atoms with Crippen molar-refractivity contribution in [3.05, 3.63) is 0 Å². The van der Waals surface area contributed by atoms with E-state index in [1.807, 2.05) is 0 Å². The number of amides is 1. The lowest BCUT2D eigenvalue weighted by Crippen LogP contribution is -2.42. The van der Waals surface area contributed by atoms with Gasteiger partial charge in [0.1, 0.15) is 0 Å². The van der Waals surface area contributed by atoms with Gasteiger partial charge in [-0.05, 0) is 19.4 Å². The Morgan fingerprint density at radius 3 is 3.14 bits per heavy atom. The number of hydrogen-bond donors (Lipinski definition) is 2. The van der Waals surface area contributed by atoms with Crippen LogP contribution in [-0.2, 0) is 4.79 Å². The zero-order valence-corrected chi connectivity index (χ0v) is 8.33. The minimum Gasteiger partial charge on any atom is -0.344 e. The van der Waals surface area contributed by atoms with Gasteiger partial charge in [0, 0.05) is 12.6 Å². The number of likely N-dealkylation sites (tertiary alicyclic amines) is 1. The van der Waals surface area contributed by atoms with Gasteiger partial charge in [-0.25, -0.2) is 0 Å². The quantitative estimate of drug-likeness (QED) is 0.575. The van der Waals surface area contributed by atoms with Crippen molar-refractivity contribution in [2.45, 2.75) is 18.9 Å². The highest BCUT2D eigenvalue weighted by atomic mass is 16.2. The van der Waals surface area contributed by atoms with E-state index in [1.165, 1.54) is 0 Å². The third-order valence-electron chi connectivity index (χ3n) is 2.51. The van der Waals surface area contributed by atoms with Crippen LogP contribution in [0.3, 0.4) is 0 Å². The zero-order valence-electron chi connectivity index (χ0n) is 8.33. The highest BCUT2D eigenvalue weighted by Crippen LogP contribution is 2.14. The fourth-order valence-electron chi connectivity index (χ4n) is 1.76. The molecular weight excluding hydrogens is 178 g/mol. The van der Waals surface area contributed by atoms with Crippen molar-refractivity contribution in [3.8, 4) is 12.3 Å². The number of carbonyl (C=O) groups excluding carboxylic acids is 1. The lowest BCUT2D eigenvalue weighted by Gasteiger charge is -2.21. The lowest BCUT2D eigenvalue weighted by molar-refractivity contribution is -0.122. The summed E-state index contributed by atoms with van der Waals surface area (Å²) in [6.45, 7) is 2.32. The second-order valence-electron chi connectivity index (χ2n) is 3.48. The maximum absolute atomic E-state index is 11.3. The van der Waals surface area contributed by atoms with Gasteiger partial charge in [-0.2, -0.15) is 0 Å². The molecule has 3 N–H and O–H groups in total. The van der Waals surface area contributed by atoms with E-state index in [2.05, 4.69) is 16.1 Å². The van der Waals surface area contributed by atoms with Crippen molar-refractivity contribution in [2.75, 3.05) is 26.2 Å². The van der Waals surface area contributed by atoms with Crippen LogP contribution < -0.4 is 11.1 Å². The van der Waals surface area contributed by atoms with Gasteiger partial charge in [0.25, 0.3) is 0 Å². The molecule has 0 saturated carbocycles. The molecule has 1 aliphatic heterocycles. The van der Waals surface area contributed by atoms with E-state index in [0.29, 0.717) is 25.7 Å². The zero-order chi connectivity index (χ0) is 10.4. The molecule has 4 heteroatoms. The van der Waals surface area contributed by atoms with Crippen LogP contribution in [0.5, 0.6) is 0 Å². The summed E-state index contributed by atoms with van der Waals surface area (Å²) in [4.78, 5) is 13.4. The van der Waals surface area contributed by atoms with E-state index in [9.17, 15) is 4.79 Å². The normalized spacial score (nSPS) is 21.9. The fourth-order valence-corrected chi connectivity index (χ4v) is 1.76. The van der Waals surface area contributed by atoms with Crippen LogP contribution in [0.25, 0.3) is 0 Å². The molecule has 1 atom stereocenters. The first-order valence-electron chi connectivity index (χ1n) is 4.92. The summed E-state index contributed by atoms with van der Waals surface area (Å²) in [6.07, 6.45) is 7.27. The van der Waals surface area contributed by atoms with Gasteiger partial charge in [0.2, 0.25) is 5.91 Å². The van der Waals surface area contributed by atoms with Crippen LogP contribution in [0.1, 0.15) is 12.8 Å². The van der Waals surface area contributed by atoms with Gasteiger partial charge in [-0.1, -0.05) is 5.92 Å². The number of rotatable bonds is 4. The van der Waals surface area contributed by atoms with E-state index < -0.39 is 0 Å². The molecule has 1 fully saturated rings. The van der Waals surface area contributed by atoms with Crippen LogP contribution >= 0.6 is 0 Å². The Bertz CT molecular complexity index is 234. The SMILES string of the molecule is C#CCNC(=O)CN1CCCC1CN. The second kappa shape index (κ2) is 5.63. The molecule has 1 heterocycles. The van der Waals surface area contributed by atoms with E-state index in [0.717, 1.165) is 19.4 Å². The Hall–Kier alpha value is -1.05. The Morgan fingerprint density at radius 1 is 1.71 bits per heavy atom. The van der Waals surface area contributed by atoms with Crippen LogP contribution in [-0.4, -0.2) is 43.0 Å². The fraction of sp³-hybridized carbons (Fsp3) is 0.700. The Balaban J connectivity index is 2.29. The van der Waals surface area contributed by atoms with Gasteiger partial charge in [-0.15, -0.1) is 6.42 Å². The van der Waals surface area contributed by atoms with Crippen molar-refractivity contribution in [2.24, 2.45) is 5.73 Å². The molecule has 0 aromatic carbocycles. The third-order valence-corrected chi connectivity index (χ3v) is 2.51. The van der Waals surface area contributed by atoms with Gasteiger partial charge in [0.15, 0.2) is 0 Å². The first-order chi connectivity index (χ1) is 6.77. The van der Waals surface area contributed by atoms with Crippen molar-refractivity contribution < 1.29 is 4.79 Å². The van der Waals surface area contributed by atoms with Gasteiger partial charge in [-0.3, -0.25) is 9.69 Å². The minimum absolute atomic E-state index is 0.0108. The van der Waals surface area contributed by atoms with Gasteiger partial charge in [0.05, 0.1) is 13.1 Å². The summed E-state index contributed by atoms with van der Waals surface area (Å²) < 4.78 is 0. The largest absolute Gasteiger partial charge is 0.344 e. The molecule has 0 aromatic heterocycles. The van der Waals surface area contributed by atoms with Crippen molar-refractivity contribution in [1.82, 2.24) is 10.2 Å². The molecule has 1 rings (SSSR count). The molecule has 0 aromatic rings. The summed E-state index contributed by atoms with van der Waals surface area (Å²) in [7, 11) is 0. The summed E-state index contributed by atoms with van der Waals surface area (Å²) >= 11 is 0. The summed E-state index contributed by atoms with van der Waals surface area (Å²) in [6, 6.07) is 0.367. The molecule has 0 spiro atoms. The molecule has 0 radical (unpaired) electrons. The highest BCUT2D eigenvalue weighted by molar-refractivity contribution is 5.78. The molecule has 4 nitrogen and oxygen atoms in total. The number of nitrogens with one attached hydrogen (secondary N) is 1. The number of terminal acetylenes is 1. The minimum atomic E-state index is -0.0108. The van der Waals surface area contributed by atoms with Gasteiger partial charge >= 0.3 is 0 Å². The van der Waals surface area contributed by atoms with E-state index in [1.54, 1.807) is 0 Å². The monoisotopic (exact) mass is 195 g/mol. The predicted molar refractivity (Wildman–Crippen MR) is 55.5 cm³/mol.